The van der Waals surface area contributed by atoms with E-state index >= 15 is 0 Å². The van der Waals surface area contributed by atoms with Crippen molar-refractivity contribution in [1.29, 1.82) is 0 Å². The second kappa shape index (κ2) is 5.49. The summed E-state index contributed by atoms with van der Waals surface area (Å²) in [7, 11) is 1.97. The Kier molecular flexibility index (Phi) is 4.19. The van der Waals surface area contributed by atoms with Crippen LogP contribution < -0.4 is 5.32 Å². The molecule has 1 rings (SSSR count). The van der Waals surface area contributed by atoms with E-state index in [1.807, 2.05) is 19.3 Å². The topological polar surface area (TPSA) is 24.9 Å². The number of nitrogens with one attached hydrogen (secondary N) is 1. The largest absolute Gasteiger partial charge is 0.319 e. The van der Waals surface area contributed by atoms with Crippen LogP contribution in [0.1, 0.15) is 18.9 Å². The molecule has 0 saturated heterocycles. The fraction of sp³-hybridized carbons (Fsp3) is 0.364. The summed E-state index contributed by atoms with van der Waals surface area (Å²) in [5, 5.41) is 3.11. The summed E-state index contributed by atoms with van der Waals surface area (Å²) in [5.41, 5.74) is 2.50. The standard InChI is InChI=1S/C11H16N2/c1-10(5-3-7-12-2)11-6-4-8-13-9-11/h4-6,8-9,12H,3,7H2,1-2H3. The fourth-order valence-corrected chi connectivity index (χ4v) is 1.15. The zero-order valence-electron chi connectivity index (χ0n) is 8.25. The van der Waals surface area contributed by atoms with Crippen molar-refractivity contribution < 1.29 is 0 Å². The van der Waals surface area contributed by atoms with Crippen LogP contribution in [0.25, 0.3) is 5.57 Å². The minimum atomic E-state index is 1.03. The van der Waals surface area contributed by atoms with Crippen LogP contribution in [0.3, 0.4) is 0 Å². The van der Waals surface area contributed by atoms with Crippen LogP contribution in [0.15, 0.2) is 30.6 Å². The third kappa shape index (κ3) is 3.38. The van der Waals surface area contributed by atoms with Gasteiger partial charge in [0, 0.05) is 12.4 Å². The maximum absolute atomic E-state index is 4.08. The van der Waals surface area contributed by atoms with Crippen molar-refractivity contribution in [1.82, 2.24) is 10.3 Å². The average molecular weight is 176 g/mol. The van der Waals surface area contributed by atoms with E-state index in [4.69, 9.17) is 0 Å². The van der Waals surface area contributed by atoms with Crippen molar-refractivity contribution >= 4 is 5.57 Å². The van der Waals surface area contributed by atoms with E-state index in [2.05, 4.69) is 29.4 Å². The first kappa shape index (κ1) is 9.93. The first-order valence-corrected chi connectivity index (χ1v) is 4.56. The Bertz CT molecular complexity index is 265. The first-order chi connectivity index (χ1) is 6.34. The van der Waals surface area contributed by atoms with Gasteiger partial charge in [0.05, 0.1) is 0 Å². The zero-order chi connectivity index (χ0) is 9.52. The highest BCUT2D eigenvalue weighted by molar-refractivity contribution is 5.62. The Labute approximate surface area is 79.7 Å². The SMILES string of the molecule is CNCCC=C(C)c1cccnc1. The van der Waals surface area contributed by atoms with E-state index in [1.54, 1.807) is 6.20 Å². The van der Waals surface area contributed by atoms with Gasteiger partial charge in [-0.1, -0.05) is 12.1 Å². The summed E-state index contributed by atoms with van der Waals surface area (Å²) >= 11 is 0. The minimum Gasteiger partial charge on any atom is -0.319 e. The lowest BCUT2D eigenvalue weighted by atomic mass is 10.1. The number of hydrogen-bond donors (Lipinski definition) is 1. The molecule has 0 radical (unpaired) electrons. The van der Waals surface area contributed by atoms with Gasteiger partial charge in [-0.05, 0) is 44.1 Å². The third-order valence-electron chi connectivity index (χ3n) is 1.96. The molecular weight excluding hydrogens is 160 g/mol. The van der Waals surface area contributed by atoms with Crippen molar-refractivity contribution in [3.05, 3.63) is 36.2 Å². The number of allylic oxidation sites excluding steroid dienone is 1. The molecule has 1 aromatic rings. The Morgan fingerprint density at radius 3 is 3.08 bits per heavy atom. The summed E-state index contributed by atoms with van der Waals surface area (Å²) in [6.45, 7) is 3.14. The summed E-state index contributed by atoms with van der Waals surface area (Å²) in [6, 6.07) is 4.04. The predicted molar refractivity (Wildman–Crippen MR) is 56.4 cm³/mol. The second-order valence-corrected chi connectivity index (χ2v) is 3.02. The highest BCUT2D eigenvalue weighted by Crippen LogP contribution is 2.11. The molecule has 13 heavy (non-hydrogen) atoms. The van der Waals surface area contributed by atoms with Gasteiger partial charge in [-0.3, -0.25) is 4.98 Å². The van der Waals surface area contributed by atoms with Gasteiger partial charge in [0.15, 0.2) is 0 Å². The molecule has 1 heterocycles. The van der Waals surface area contributed by atoms with Crippen LogP contribution >= 0.6 is 0 Å². The predicted octanol–water partition coefficient (Wildman–Crippen LogP) is 2.09. The Morgan fingerprint density at radius 2 is 2.46 bits per heavy atom. The third-order valence-corrected chi connectivity index (χ3v) is 1.96. The Morgan fingerprint density at radius 1 is 1.62 bits per heavy atom. The molecule has 0 saturated carbocycles. The molecule has 1 N–H and O–H groups in total. The Hall–Kier alpha value is -1.15. The summed E-state index contributed by atoms with van der Waals surface area (Å²) in [4.78, 5) is 4.08. The zero-order valence-corrected chi connectivity index (χ0v) is 8.25. The summed E-state index contributed by atoms with van der Waals surface area (Å²) < 4.78 is 0. The molecule has 0 amide bonds. The van der Waals surface area contributed by atoms with Crippen molar-refractivity contribution in [3.63, 3.8) is 0 Å². The molecule has 2 heteroatoms. The highest BCUT2D eigenvalue weighted by atomic mass is 14.8. The monoisotopic (exact) mass is 176 g/mol. The van der Waals surface area contributed by atoms with Crippen LogP contribution in [-0.4, -0.2) is 18.6 Å². The van der Waals surface area contributed by atoms with Gasteiger partial charge in [0.25, 0.3) is 0 Å². The molecule has 1 aromatic heterocycles. The molecule has 70 valence electrons. The number of aromatic nitrogens is 1. The van der Waals surface area contributed by atoms with Gasteiger partial charge in [-0.15, -0.1) is 0 Å². The van der Waals surface area contributed by atoms with Crippen LogP contribution in [0.2, 0.25) is 0 Å². The molecule has 2 nitrogen and oxygen atoms in total. The van der Waals surface area contributed by atoms with Crippen molar-refractivity contribution in [3.8, 4) is 0 Å². The van der Waals surface area contributed by atoms with Gasteiger partial charge in [-0.2, -0.15) is 0 Å². The van der Waals surface area contributed by atoms with Crippen LogP contribution in [0, 0.1) is 0 Å². The Balaban J connectivity index is 2.57. The van der Waals surface area contributed by atoms with E-state index in [9.17, 15) is 0 Å². The number of nitrogens with zero attached hydrogens (tertiary/aromatic N) is 1. The maximum atomic E-state index is 4.08. The van der Waals surface area contributed by atoms with Crippen LogP contribution in [-0.2, 0) is 0 Å². The second-order valence-electron chi connectivity index (χ2n) is 3.02. The lowest BCUT2D eigenvalue weighted by Crippen LogP contribution is -2.05. The molecule has 0 aliphatic rings. The van der Waals surface area contributed by atoms with Gasteiger partial charge in [-0.25, -0.2) is 0 Å². The molecule has 0 spiro atoms. The summed E-state index contributed by atoms with van der Waals surface area (Å²) in [6.07, 6.45) is 6.99. The molecule has 0 unspecified atom stereocenters. The van der Waals surface area contributed by atoms with Crippen molar-refractivity contribution in [2.75, 3.05) is 13.6 Å². The smallest absolute Gasteiger partial charge is 0.0342 e. The molecular formula is C11H16N2. The van der Waals surface area contributed by atoms with Crippen LogP contribution in [0.4, 0.5) is 0 Å². The number of pyridine rings is 1. The van der Waals surface area contributed by atoms with Gasteiger partial charge in [0.1, 0.15) is 0 Å². The molecule has 0 atom stereocenters. The average Bonchev–Trinajstić information content (AvgIpc) is 2.19. The van der Waals surface area contributed by atoms with Crippen LogP contribution in [0.5, 0.6) is 0 Å². The van der Waals surface area contributed by atoms with Crippen molar-refractivity contribution in [2.45, 2.75) is 13.3 Å². The quantitative estimate of drug-likeness (QED) is 0.711. The molecule has 0 aromatic carbocycles. The lowest BCUT2D eigenvalue weighted by molar-refractivity contribution is 0.808. The molecule has 0 aliphatic heterocycles. The highest BCUT2D eigenvalue weighted by Gasteiger charge is 1.92. The number of hydrogen-bond acceptors (Lipinski definition) is 2. The van der Waals surface area contributed by atoms with E-state index in [0.717, 1.165) is 13.0 Å². The number of rotatable bonds is 4. The van der Waals surface area contributed by atoms with E-state index in [-0.39, 0.29) is 0 Å². The molecule has 0 aliphatic carbocycles. The minimum absolute atomic E-state index is 1.03. The maximum Gasteiger partial charge on any atom is 0.0342 e. The van der Waals surface area contributed by atoms with Gasteiger partial charge in [0.2, 0.25) is 0 Å². The van der Waals surface area contributed by atoms with Gasteiger partial charge < -0.3 is 5.32 Å². The fourth-order valence-electron chi connectivity index (χ4n) is 1.15. The van der Waals surface area contributed by atoms with E-state index < -0.39 is 0 Å². The van der Waals surface area contributed by atoms with E-state index in [1.165, 1.54) is 11.1 Å². The first-order valence-electron chi connectivity index (χ1n) is 4.56. The van der Waals surface area contributed by atoms with E-state index in [0.29, 0.717) is 0 Å². The molecule has 0 bridgehead atoms. The van der Waals surface area contributed by atoms with Crippen molar-refractivity contribution in [2.24, 2.45) is 0 Å². The lowest BCUT2D eigenvalue weighted by Gasteiger charge is -2.00. The normalized spacial score (nSPS) is 11.7. The summed E-state index contributed by atoms with van der Waals surface area (Å²) in [5.74, 6) is 0. The molecule has 0 fully saturated rings. The van der Waals surface area contributed by atoms with Gasteiger partial charge >= 0.3 is 0 Å².